The number of alkyl halides is 3. The number of hydrogen-bond donors (Lipinski definition) is 2. The first-order valence-corrected chi connectivity index (χ1v) is 6.37. The predicted octanol–water partition coefficient (Wildman–Crippen LogP) is 3.30. The maximum absolute atomic E-state index is 12.7. The molecule has 0 aliphatic carbocycles. The molecule has 1 aromatic rings. The zero-order valence-electron chi connectivity index (χ0n) is 11.2. The van der Waals surface area contributed by atoms with Crippen LogP contribution in [0.3, 0.4) is 0 Å². The monoisotopic (exact) mass is 275 g/mol. The van der Waals surface area contributed by atoms with Gasteiger partial charge in [-0.1, -0.05) is 19.1 Å². The fourth-order valence-corrected chi connectivity index (χ4v) is 2.00. The van der Waals surface area contributed by atoms with Crippen LogP contribution >= 0.6 is 0 Å². The van der Waals surface area contributed by atoms with Crippen LogP contribution in [0, 0.1) is 0 Å². The van der Waals surface area contributed by atoms with Gasteiger partial charge in [0.25, 0.3) is 0 Å². The Labute approximate surface area is 111 Å². The molecule has 0 fully saturated rings. The lowest BCUT2D eigenvalue weighted by Crippen LogP contribution is -2.41. The van der Waals surface area contributed by atoms with Crippen LogP contribution in [-0.4, -0.2) is 18.3 Å². The molecule has 0 aliphatic rings. The molecule has 0 radical (unpaired) electrons. The Kier molecular flexibility index (Phi) is 5.38. The van der Waals surface area contributed by atoms with Crippen LogP contribution in [-0.2, 0) is 11.7 Å². The summed E-state index contributed by atoms with van der Waals surface area (Å²) in [5.74, 6) is 0. The van der Waals surface area contributed by atoms with Crippen molar-refractivity contribution in [2.75, 3.05) is 13.2 Å². The quantitative estimate of drug-likeness (QED) is 0.835. The molecule has 1 aromatic carbocycles. The molecule has 0 amide bonds. The van der Waals surface area contributed by atoms with Gasteiger partial charge in [0.2, 0.25) is 0 Å². The third-order valence-electron chi connectivity index (χ3n) is 3.20. The first-order chi connectivity index (χ1) is 8.83. The van der Waals surface area contributed by atoms with Crippen LogP contribution in [0.2, 0.25) is 0 Å². The van der Waals surface area contributed by atoms with E-state index in [2.05, 4.69) is 5.32 Å². The highest BCUT2D eigenvalue weighted by Crippen LogP contribution is 2.33. The van der Waals surface area contributed by atoms with Gasteiger partial charge in [0.15, 0.2) is 0 Å². The third-order valence-corrected chi connectivity index (χ3v) is 3.20. The zero-order chi connectivity index (χ0) is 14.5. The minimum Gasteiger partial charge on any atom is -0.396 e. The second-order valence-corrected chi connectivity index (χ2v) is 4.81. The van der Waals surface area contributed by atoms with E-state index in [1.807, 2.05) is 13.8 Å². The number of aliphatic hydroxyl groups is 1. The molecule has 0 heterocycles. The highest BCUT2D eigenvalue weighted by molar-refractivity contribution is 5.30. The van der Waals surface area contributed by atoms with Gasteiger partial charge in [-0.25, -0.2) is 0 Å². The van der Waals surface area contributed by atoms with E-state index >= 15 is 0 Å². The second kappa shape index (κ2) is 6.39. The predicted molar refractivity (Wildman–Crippen MR) is 68.8 cm³/mol. The number of halogens is 3. The average molecular weight is 275 g/mol. The molecule has 1 rings (SSSR count). The van der Waals surface area contributed by atoms with Crippen LogP contribution in [0.15, 0.2) is 24.3 Å². The maximum atomic E-state index is 12.7. The van der Waals surface area contributed by atoms with Crippen molar-refractivity contribution in [3.63, 3.8) is 0 Å². The molecule has 2 nitrogen and oxygen atoms in total. The van der Waals surface area contributed by atoms with Gasteiger partial charge in [-0.05, 0) is 44.0 Å². The van der Waals surface area contributed by atoms with Crippen molar-refractivity contribution in [1.29, 1.82) is 0 Å². The minimum atomic E-state index is -4.35. The van der Waals surface area contributed by atoms with Crippen LogP contribution in [0.4, 0.5) is 13.2 Å². The molecule has 0 spiro atoms. The molecule has 5 heteroatoms. The van der Waals surface area contributed by atoms with Crippen LogP contribution < -0.4 is 5.32 Å². The number of benzene rings is 1. The standard InChI is InChI=1S/C14H20F3NO/c1-3-8-18-13(2,7-9-19)11-5-4-6-12(10-11)14(15,16)17/h4-6,10,18-19H,3,7-9H2,1-2H3. The Bertz CT molecular complexity index is 406. The van der Waals surface area contributed by atoms with Crippen molar-refractivity contribution in [3.8, 4) is 0 Å². The first kappa shape index (κ1) is 16.0. The van der Waals surface area contributed by atoms with E-state index in [4.69, 9.17) is 5.11 Å². The zero-order valence-corrected chi connectivity index (χ0v) is 11.2. The summed E-state index contributed by atoms with van der Waals surface area (Å²) in [7, 11) is 0. The number of rotatable bonds is 6. The summed E-state index contributed by atoms with van der Waals surface area (Å²) >= 11 is 0. The molecular weight excluding hydrogens is 255 g/mol. The summed E-state index contributed by atoms with van der Waals surface area (Å²) < 4.78 is 38.2. The summed E-state index contributed by atoms with van der Waals surface area (Å²) in [6.07, 6.45) is -3.10. The molecule has 1 unspecified atom stereocenters. The lowest BCUT2D eigenvalue weighted by Gasteiger charge is -2.31. The summed E-state index contributed by atoms with van der Waals surface area (Å²) in [5.41, 5.74) is -0.760. The molecule has 1 atom stereocenters. The molecule has 2 N–H and O–H groups in total. The first-order valence-electron chi connectivity index (χ1n) is 6.37. The Morgan fingerprint density at radius 1 is 1.21 bits per heavy atom. The SMILES string of the molecule is CCCNC(C)(CCO)c1cccc(C(F)(F)F)c1. The van der Waals surface area contributed by atoms with Gasteiger partial charge in [-0.15, -0.1) is 0 Å². The second-order valence-electron chi connectivity index (χ2n) is 4.81. The molecule has 0 bridgehead atoms. The van der Waals surface area contributed by atoms with Crippen molar-refractivity contribution in [2.24, 2.45) is 0 Å². The van der Waals surface area contributed by atoms with E-state index in [0.717, 1.165) is 18.6 Å². The topological polar surface area (TPSA) is 32.3 Å². The summed E-state index contributed by atoms with van der Waals surface area (Å²) in [5, 5.41) is 12.3. The third kappa shape index (κ3) is 4.21. The van der Waals surface area contributed by atoms with Gasteiger partial charge in [-0.3, -0.25) is 0 Å². The van der Waals surface area contributed by atoms with E-state index < -0.39 is 17.3 Å². The van der Waals surface area contributed by atoms with Crippen molar-refractivity contribution in [2.45, 2.75) is 38.4 Å². The number of hydrogen-bond acceptors (Lipinski definition) is 2. The number of aliphatic hydroxyl groups excluding tert-OH is 1. The van der Waals surface area contributed by atoms with Gasteiger partial charge in [0.05, 0.1) is 5.56 Å². The van der Waals surface area contributed by atoms with Crippen molar-refractivity contribution >= 4 is 0 Å². The van der Waals surface area contributed by atoms with E-state index in [1.54, 1.807) is 6.07 Å². The average Bonchev–Trinajstić information content (AvgIpc) is 2.36. The molecule has 0 saturated carbocycles. The molecule has 19 heavy (non-hydrogen) atoms. The Hall–Kier alpha value is -1.07. The molecule has 0 aliphatic heterocycles. The van der Waals surface area contributed by atoms with Crippen LogP contribution in [0.5, 0.6) is 0 Å². The van der Waals surface area contributed by atoms with Gasteiger partial charge >= 0.3 is 6.18 Å². The Morgan fingerprint density at radius 3 is 2.37 bits per heavy atom. The Balaban J connectivity index is 3.09. The highest BCUT2D eigenvalue weighted by Gasteiger charge is 2.33. The van der Waals surface area contributed by atoms with E-state index in [9.17, 15) is 13.2 Å². The van der Waals surface area contributed by atoms with Gasteiger partial charge in [-0.2, -0.15) is 13.2 Å². The largest absolute Gasteiger partial charge is 0.416 e. The van der Waals surface area contributed by atoms with Crippen molar-refractivity contribution in [3.05, 3.63) is 35.4 Å². The van der Waals surface area contributed by atoms with E-state index in [1.165, 1.54) is 6.07 Å². The highest BCUT2D eigenvalue weighted by atomic mass is 19.4. The molecule has 108 valence electrons. The summed E-state index contributed by atoms with van der Waals surface area (Å²) in [6, 6.07) is 5.27. The van der Waals surface area contributed by atoms with Gasteiger partial charge in [0.1, 0.15) is 0 Å². The number of nitrogens with one attached hydrogen (secondary N) is 1. The summed E-state index contributed by atoms with van der Waals surface area (Å²) in [6.45, 7) is 4.41. The Morgan fingerprint density at radius 2 is 1.84 bits per heavy atom. The van der Waals surface area contributed by atoms with Gasteiger partial charge < -0.3 is 10.4 Å². The fourth-order valence-electron chi connectivity index (χ4n) is 2.00. The van der Waals surface area contributed by atoms with E-state index in [-0.39, 0.29) is 6.61 Å². The summed E-state index contributed by atoms with van der Waals surface area (Å²) in [4.78, 5) is 0. The van der Waals surface area contributed by atoms with Crippen LogP contribution in [0.25, 0.3) is 0 Å². The lowest BCUT2D eigenvalue weighted by atomic mass is 9.87. The maximum Gasteiger partial charge on any atom is 0.416 e. The molecular formula is C14H20F3NO. The van der Waals surface area contributed by atoms with Crippen molar-refractivity contribution < 1.29 is 18.3 Å². The van der Waals surface area contributed by atoms with Crippen molar-refractivity contribution in [1.82, 2.24) is 5.32 Å². The van der Waals surface area contributed by atoms with E-state index in [0.29, 0.717) is 18.5 Å². The molecule has 0 saturated heterocycles. The lowest BCUT2D eigenvalue weighted by molar-refractivity contribution is -0.137. The molecule has 0 aromatic heterocycles. The van der Waals surface area contributed by atoms with Crippen LogP contribution in [0.1, 0.15) is 37.8 Å². The van der Waals surface area contributed by atoms with Gasteiger partial charge in [0, 0.05) is 12.1 Å². The fraction of sp³-hybridized carbons (Fsp3) is 0.571. The smallest absolute Gasteiger partial charge is 0.396 e. The normalized spacial score (nSPS) is 15.3. The minimum absolute atomic E-state index is 0.0799.